The first-order chi connectivity index (χ1) is 14.9. The van der Waals surface area contributed by atoms with Crippen LogP contribution in [0.1, 0.15) is 24.5 Å². The second kappa shape index (κ2) is 10.9. The maximum absolute atomic E-state index is 13.0. The smallest absolute Gasteiger partial charge is 0.241 e. The van der Waals surface area contributed by atoms with Crippen LogP contribution in [0, 0.1) is 0 Å². The first kappa shape index (κ1) is 22.7. The number of aryl methyl sites for hydroxylation is 1. The molecule has 31 heavy (non-hydrogen) atoms. The number of hydrogen-bond acceptors (Lipinski definition) is 3. The highest BCUT2D eigenvalue weighted by Crippen LogP contribution is 2.12. The third-order valence-corrected chi connectivity index (χ3v) is 6.54. The van der Waals surface area contributed by atoms with Gasteiger partial charge in [0.05, 0.1) is 4.90 Å². The first-order valence-corrected chi connectivity index (χ1v) is 11.9. The molecule has 0 fully saturated rings. The highest BCUT2D eigenvalue weighted by molar-refractivity contribution is 7.89. The minimum Gasteiger partial charge on any atom is -0.352 e. The summed E-state index contributed by atoms with van der Waals surface area (Å²) < 4.78 is 28.3. The Morgan fingerprint density at radius 3 is 1.90 bits per heavy atom. The van der Waals surface area contributed by atoms with Crippen molar-refractivity contribution in [1.29, 1.82) is 0 Å². The lowest BCUT2D eigenvalue weighted by Gasteiger charge is -2.22. The molecule has 3 aromatic carbocycles. The zero-order chi connectivity index (χ0) is 22.1. The topological polar surface area (TPSA) is 75.3 Å². The van der Waals surface area contributed by atoms with Crippen molar-refractivity contribution in [2.75, 3.05) is 0 Å². The molecule has 3 rings (SSSR count). The van der Waals surface area contributed by atoms with Gasteiger partial charge >= 0.3 is 0 Å². The Labute approximate surface area is 184 Å². The number of sulfonamides is 1. The van der Waals surface area contributed by atoms with Crippen molar-refractivity contribution in [2.24, 2.45) is 0 Å². The minimum absolute atomic E-state index is 0.0905. The summed E-state index contributed by atoms with van der Waals surface area (Å²) in [5.74, 6) is -0.330. The van der Waals surface area contributed by atoms with Crippen molar-refractivity contribution in [2.45, 2.75) is 43.2 Å². The summed E-state index contributed by atoms with van der Waals surface area (Å²) in [5, 5.41) is 2.98. The van der Waals surface area contributed by atoms with Crippen molar-refractivity contribution in [3.05, 3.63) is 102 Å². The summed E-state index contributed by atoms with van der Waals surface area (Å²) in [6, 6.07) is 26.6. The van der Waals surface area contributed by atoms with Gasteiger partial charge < -0.3 is 5.32 Å². The summed E-state index contributed by atoms with van der Waals surface area (Å²) in [5.41, 5.74) is 2.09. The average molecular weight is 437 g/mol. The molecule has 2 N–H and O–H groups in total. The van der Waals surface area contributed by atoms with E-state index in [-0.39, 0.29) is 23.3 Å². The van der Waals surface area contributed by atoms with Gasteiger partial charge in [-0.15, -0.1) is 0 Å². The van der Waals surface area contributed by atoms with Gasteiger partial charge in [0.15, 0.2) is 0 Å². The molecule has 0 unspecified atom stereocenters. The van der Waals surface area contributed by atoms with Crippen molar-refractivity contribution in [3.63, 3.8) is 0 Å². The van der Waals surface area contributed by atoms with E-state index < -0.39 is 16.1 Å². The molecule has 0 saturated heterocycles. The number of benzene rings is 3. The van der Waals surface area contributed by atoms with Crippen LogP contribution in [0.5, 0.6) is 0 Å². The summed E-state index contributed by atoms with van der Waals surface area (Å²) in [6.07, 6.45) is 1.87. The molecule has 0 bridgehead atoms. The molecule has 0 aliphatic carbocycles. The Hall–Kier alpha value is -2.96. The van der Waals surface area contributed by atoms with E-state index in [0.717, 1.165) is 18.4 Å². The number of hydrogen-bond donors (Lipinski definition) is 2. The fraction of sp³-hybridized carbons (Fsp3) is 0.240. The summed E-state index contributed by atoms with van der Waals surface area (Å²) in [7, 11) is -3.83. The minimum atomic E-state index is -3.83. The molecule has 0 aromatic heterocycles. The summed E-state index contributed by atoms with van der Waals surface area (Å²) in [6.45, 7) is 1.94. The third-order valence-electron chi connectivity index (χ3n) is 5.05. The predicted molar refractivity (Wildman–Crippen MR) is 123 cm³/mol. The highest BCUT2D eigenvalue weighted by atomic mass is 32.2. The summed E-state index contributed by atoms with van der Waals surface area (Å²) >= 11 is 0. The van der Waals surface area contributed by atoms with Crippen LogP contribution in [-0.2, 0) is 27.7 Å². The number of carbonyl (C=O) groups is 1. The third kappa shape index (κ3) is 7.05. The standard InChI is InChI=1S/C25H28N2O3S/c1-20(17-18-21-11-5-2-6-12-21)26-25(28)24(19-22-13-7-3-8-14-22)27-31(29,30)23-15-9-4-10-16-23/h2-16,20,24,27H,17-19H2,1H3,(H,26,28)/t20-,24-/m0/s1. The van der Waals surface area contributed by atoms with Crippen molar-refractivity contribution < 1.29 is 13.2 Å². The van der Waals surface area contributed by atoms with Crippen molar-refractivity contribution in [1.82, 2.24) is 10.0 Å². The van der Waals surface area contributed by atoms with Crippen LogP contribution < -0.4 is 10.0 Å². The van der Waals surface area contributed by atoms with Crippen molar-refractivity contribution >= 4 is 15.9 Å². The molecule has 162 valence electrons. The maximum Gasteiger partial charge on any atom is 0.241 e. The van der Waals surface area contributed by atoms with Gasteiger partial charge in [-0.25, -0.2) is 8.42 Å². The van der Waals surface area contributed by atoms with Gasteiger partial charge in [0, 0.05) is 6.04 Å². The molecular formula is C25H28N2O3S. The van der Waals surface area contributed by atoms with Crippen LogP contribution in [0.15, 0.2) is 95.9 Å². The lowest BCUT2D eigenvalue weighted by molar-refractivity contribution is -0.123. The van der Waals surface area contributed by atoms with E-state index in [4.69, 9.17) is 0 Å². The van der Waals surface area contributed by atoms with Crippen LogP contribution in [0.25, 0.3) is 0 Å². The van der Waals surface area contributed by atoms with Gasteiger partial charge in [0.1, 0.15) is 6.04 Å². The Morgan fingerprint density at radius 1 is 0.806 bits per heavy atom. The van der Waals surface area contributed by atoms with Crippen LogP contribution >= 0.6 is 0 Å². The molecule has 1 amide bonds. The van der Waals surface area contributed by atoms with Gasteiger partial charge in [0.25, 0.3) is 0 Å². The van der Waals surface area contributed by atoms with E-state index in [9.17, 15) is 13.2 Å². The van der Waals surface area contributed by atoms with Gasteiger partial charge in [-0.1, -0.05) is 78.9 Å². The fourth-order valence-corrected chi connectivity index (χ4v) is 4.55. The van der Waals surface area contributed by atoms with Crippen LogP contribution in [0.3, 0.4) is 0 Å². The first-order valence-electron chi connectivity index (χ1n) is 10.4. The normalized spacial score (nSPS) is 13.3. The van der Waals surface area contributed by atoms with E-state index in [1.54, 1.807) is 18.2 Å². The van der Waals surface area contributed by atoms with Gasteiger partial charge in [-0.3, -0.25) is 4.79 Å². The second-order valence-electron chi connectivity index (χ2n) is 7.61. The van der Waals surface area contributed by atoms with Crippen LogP contribution in [0.4, 0.5) is 0 Å². The zero-order valence-electron chi connectivity index (χ0n) is 17.6. The van der Waals surface area contributed by atoms with Crippen LogP contribution in [0.2, 0.25) is 0 Å². The maximum atomic E-state index is 13.0. The Kier molecular flexibility index (Phi) is 7.98. The molecule has 6 heteroatoms. The molecule has 0 spiro atoms. The molecule has 0 radical (unpaired) electrons. The van der Waals surface area contributed by atoms with E-state index in [2.05, 4.69) is 22.2 Å². The zero-order valence-corrected chi connectivity index (χ0v) is 18.4. The van der Waals surface area contributed by atoms with Gasteiger partial charge in [-0.2, -0.15) is 4.72 Å². The number of carbonyl (C=O) groups excluding carboxylic acids is 1. The SMILES string of the molecule is C[C@@H](CCc1ccccc1)NC(=O)[C@H](Cc1ccccc1)NS(=O)(=O)c1ccccc1. The molecule has 2 atom stereocenters. The molecule has 0 saturated carbocycles. The lowest BCUT2D eigenvalue weighted by atomic mass is 10.0. The van der Waals surface area contributed by atoms with Crippen molar-refractivity contribution in [3.8, 4) is 0 Å². The lowest BCUT2D eigenvalue weighted by Crippen LogP contribution is -2.50. The monoisotopic (exact) mass is 436 g/mol. The molecule has 0 heterocycles. The molecule has 3 aromatic rings. The van der Waals surface area contributed by atoms with E-state index in [1.807, 2.05) is 55.5 Å². The molecule has 0 aliphatic rings. The van der Waals surface area contributed by atoms with Gasteiger partial charge in [-0.05, 0) is 49.4 Å². The second-order valence-corrected chi connectivity index (χ2v) is 9.32. The number of nitrogens with one attached hydrogen (secondary N) is 2. The largest absolute Gasteiger partial charge is 0.352 e. The summed E-state index contributed by atoms with van der Waals surface area (Å²) in [4.78, 5) is 13.2. The Balaban J connectivity index is 1.70. The molecular weight excluding hydrogens is 408 g/mol. The Morgan fingerprint density at radius 2 is 1.32 bits per heavy atom. The fourth-order valence-electron chi connectivity index (χ4n) is 3.34. The Bertz CT molecular complexity index is 1060. The molecule has 0 aliphatic heterocycles. The number of amides is 1. The van der Waals surface area contributed by atoms with E-state index >= 15 is 0 Å². The van der Waals surface area contributed by atoms with Crippen LogP contribution in [-0.4, -0.2) is 26.4 Å². The van der Waals surface area contributed by atoms with Gasteiger partial charge in [0.2, 0.25) is 15.9 Å². The quantitative estimate of drug-likeness (QED) is 0.509. The highest BCUT2D eigenvalue weighted by Gasteiger charge is 2.26. The average Bonchev–Trinajstić information content (AvgIpc) is 2.79. The molecule has 5 nitrogen and oxygen atoms in total. The predicted octanol–water partition coefficient (Wildman–Crippen LogP) is 3.71. The van der Waals surface area contributed by atoms with E-state index in [0.29, 0.717) is 0 Å². The number of rotatable bonds is 10. The van der Waals surface area contributed by atoms with E-state index in [1.165, 1.54) is 17.7 Å².